The first-order valence-electron chi connectivity index (χ1n) is 5.97. The van der Waals surface area contributed by atoms with Gasteiger partial charge in [-0.25, -0.2) is 0 Å². The second-order valence-electron chi connectivity index (χ2n) is 4.08. The van der Waals surface area contributed by atoms with E-state index in [1.54, 1.807) is 48.5 Å². The maximum absolute atomic E-state index is 11.8. The first kappa shape index (κ1) is 14.6. The number of amides is 2. The molecule has 2 amide bonds. The molecule has 2 aromatic carbocycles. The average molecular weight is 300 g/mol. The summed E-state index contributed by atoms with van der Waals surface area (Å²) in [5.41, 5.74) is 1.25. The van der Waals surface area contributed by atoms with E-state index in [0.29, 0.717) is 22.0 Å². The molecule has 104 valence electrons. The fourth-order valence-electron chi connectivity index (χ4n) is 1.56. The molecule has 2 rings (SSSR count). The Balaban J connectivity index is 2.01. The lowest BCUT2D eigenvalue weighted by molar-refractivity contribution is -0.132. The Labute approximate surface area is 126 Å². The topological polar surface area (TPSA) is 82.0 Å². The number of halogens is 1. The molecule has 0 aliphatic rings. The van der Waals surface area contributed by atoms with Gasteiger partial charge in [0.1, 0.15) is 0 Å². The van der Waals surface area contributed by atoms with Crippen LogP contribution in [0.2, 0.25) is 5.02 Å². The molecule has 2 aromatic rings. The van der Waals surface area contributed by atoms with Gasteiger partial charge in [0.15, 0.2) is 0 Å². The molecule has 6 heteroatoms. The number of para-hydroxylation sites is 1. The molecule has 21 heavy (non-hydrogen) atoms. The molecule has 5 nitrogen and oxygen atoms in total. The van der Waals surface area contributed by atoms with E-state index in [2.05, 4.69) is 10.6 Å². The molecule has 0 bridgehead atoms. The minimum atomic E-state index is -0.826. The van der Waals surface area contributed by atoms with E-state index >= 15 is 0 Å². The van der Waals surface area contributed by atoms with E-state index in [1.807, 2.05) is 6.07 Å². The molecule has 0 aromatic heterocycles. The van der Waals surface area contributed by atoms with Crippen LogP contribution >= 0.6 is 11.6 Å². The van der Waals surface area contributed by atoms with Crippen LogP contribution in [0.4, 0.5) is 11.4 Å². The van der Waals surface area contributed by atoms with Crippen LogP contribution in [0.5, 0.6) is 0 Å². The van der Waals surface area contributed by atoms with Gasteiger partial charge in [-0.1, -0.05) is 23.7 Å². The van der Waals surface area contributed by atoms with Gasteiger partial charge in [-0.2, -0.15) is 5.26 Å². The van der Waals surface area contributed by atoms with Crippen LogP contribution in [0, 0.1) is 11.3 Å². The quantitative estimate of drug-likeness (QED) is 0.837. The van der Waals surface area contributed by atoms with Crippen molar-refractivity contribution in [1.82, 2.24) is 0 Å². The van der Waals surface area contributed by atoms with Crippen LogP contribution in [0.1, 0.15) is 5.56 Å². The van der Waals surface area contributed by atoms with E-state index in [4.69, 9.17) is 16.9 Å². The zero-order valence-corrected chi connectivity index (χ0v) is 11.5. The monoisotopic (exact) mass is 299 g/mol. The zero-order valence-electron chi connectivity index (χ0n) is 10.8. The first-order chi connectivity index (χ1) is 10.1. The van der Waals surface area contributed by atoms with Gasteiger partial charge in [-0.3, -0.25) is 9.59 Å². The second-order valence-corrected chi connectivity index (χ2v) is 4.48. The molecule has 0 spiro atoms. The molecule has 0 saturated carbocycles. The van der Waals surface area contributed by atoms with Crippen molar-refractivity contribution in [1.29, 1.82) is 5.26 Å². The lowest BCUT2D eigenvalue weighted by Crippen LogP contribution is -2.29. The van der Waals surface area contributed by atoms with Crippen LogP contribution < -0.4 is 10.6 Å². The first-order valence-corrected chi connectivity index (χ1v) is 6.35. The summed E-state index contributed by atoms with van der Waals surface area (Å²) in [6.45, 7) is 0. The summed E-state index contributed by atoms with van der Waals surface area (Å²) < 4.78 is 0. The molecule has 2 N–H and O–H groups in total. The normalized spacial score (nSPS) is 9.52. The van der Waals surface area contributed by atoms with Crippen molar-refractivity contribution in [3.8, 4) is 6.07 Å². The summed E-state index contributed by atoms with van der Waals surface area (Å²) in [6.07, 6.45) is 0. The Bertz CT molecular complexity index is 720. The molecule has 0 radical (unpaired) electrons. The number of hydrogen-bond acceptors (Lipinski definition) is 3. The Morgan fingerprint density at radius 3 is 2.19 bits per heavy atom. The fourth-order valence-corrected chi connectivity index (χ4v) is 1.74. The highest BCUT2D eigenvalue weighted by Crippen LogP contribution is 2.20. The third kappa shape index (κ3) is 3.81. The summed E-state index contributed by atoms with van der Waals surface area (Å²) in [4.78, 5) is 23.5. The molecule has 0 unspecified atom stereocenters. The summed E-state index contributed by atoms with van der Waals surface area (Å²) >= 11 is 5.89. The van der Waals surface area contributed by atoms with Gasteiger partial charge in [0, 0.05) is 5.69 Å². The number of carbonyl (C=O) groups is 2. The van der Waals surface area contributed by atoms with Gasteiger partial charge in [-0.05, 0) is 36.4 Å². The third-order valence-electron chi connectivity index (χ3n) is 2.60. The molecular weight excluding hydrogens is 290 g/mol. The minimum absolute atomic E-state index is 0.344. The molecule has 0 saturated heterocycles. The van der Waals surface area contributed by atoms with Gasteiger partial charge in [0.25, 0.3) is 0 Å². The van der Waals surface area contributed by atoms with Gasteiger partial charge in [0.2, 0.25) is 0 Å². The summed E-state index contributed by atoms with van der Waals surface area (Å²) in [5.74, 6) is -1.65. The maximum Gasteiger partial charge on any atom is 0.314 e. The second kappa shape index (κ2) is 6.55. The van der Waals surface area contributed by atoms with E-state index in [1.165, 1.54) is 0 Å². The predicted molar refractivity (Wildman–Crippen MR) is 79.9 cm³/mol. The Morgan fingerprint density at radius 1 is 0.952 bits per heavy atom. The van der Waals surface area contributed by atoms with E-state index in [0.717, 1.165) is 0 Å². The highest BCUT2D eigenvalue weighted by Gasteiger charge is 2.15. The van der Waals surface area contributed by atoms with Gasteiger partial charge < -0.3 is 10.6 Å². The van der Waals surface area contributed by atoms with Crippen molar-refractivity contribution >= 4 is 34.8 Å². The van der Waals surface area contributed by atoms with Crippen molar-refractivity contribution in [2.45, 2.75) is 0 Å². The Morgan fingerprint density at radius 2 is 1.57 bits per heavy atom. The Kier molecular flexibility index (Phi) is 4.54. The summed E-state index contributed by atoms with van der Waals surface area (Å²) in [6, 6.07) is 14.7. The fraction of sp³-hybridized carbons (Fsp3) is 0. The van der Waals surface area contributed by atoms with Crippen molar-refractivity contribution in [2.75, 3.05) is 10.6 Å². The van der Waals surface area contributed by atoms with Crippen LogP contribution in [0.25, 0.3) is 0 Å². The summed E-state index contributed by atoms with van der Waals surface area (Å²) in [7, 11) is 0. The lowest BCUT2D eigenvalue weighted by atomic mass is 10.2. The van der Waals surface area contributed by atoms with Crippen LogP contribution in [0.15, 0.2) is 48.5 Å². The number of nitrogens with one attached hydrogen (secondary N) is 2. The number of carbonyl (C=O) groups excluding carboxylic acids is 2. The van der Waals surface area contributed by atoms with Gasteiger partial charge >= 0.3 is 11.8 Å². The number of hydrogen-bond donors (Lipinski definition) is 2. The number of rotatable bonds is 2. The van der Waals surface area contributed by atoms with Crippen molar-refractivity contribution < 1.29 is 9.59 Å². The van der Waals surface area contributed by atoms with Crippen molar-refractivity contribution in [3.63, 3.8) is 0 Å². The van der Waals surface area contributed by atoms with Crippen LogP contribution in [-0.2, 0) is 9.59 Å². The largest absolute Gasteiger partial charge is 0.318 e. The van der Waals surface area contributed by atoms with E-state index in [-0.39, 0.29) is 0 Å². The molecule has 0 heterocycles. The average Bonchev–Trinajstić information content (AvgIpc) is 2.50. The van der Waals surface area contributed by atoms with Gasteiger partial charge in [0.05, 0.1) is 22.3 Å². The third-order valence-corrected chi connectivity index (χ3v) is 2.93. The molecule has 0 aliphatic heterocycles. The van der Waals surface area contributed by atoms with Crippen LogP contribution in [-0.4, -0.2) is 11.8 Å². The van der Waals surface area contributed by atoms with E-state index < -0.39 is 11.8 Å². The molecular formula is C15H10ClN3O2. The molecule has 0 atom stereocenters. The number of nitrogens with zero attached hydrogens (tertiary/aromatic N) is 1. The standard InChI is InChI=1S/C15H10ClN3O2/c16-12-3-1-2-4-13(12)19-15(21)14(20)18-11-7-5-10(9-17)6-8-11/h1-8H,(H,18,20)(H,19,21). The summed E-state index contributed by atoms with van der Waals surface area (Å²) in [5, 5.41) is 13.9. The molecule has 0 fully saturated rings. The smallest absolute Gasteiger partial charge is 0.314 e. The highest BCUT2D eigenvalue weighted by molar-refractivity contribution is 6.44. The molecule has 0 aliphatic carbocycles. The maximum atomic E-state index is 11.8. The van der Waals surface area contributed by atoms with Crippen molar-refractivity contribution in [3.05, 3.63) is 59.1 Å². The number of anilines is 2. The van der Waals surface area contributed by atoms with Crippen LogP contribution in [0.3, 0.4) is 0 Å². The SMILES string of the molecule is N#Cc1ccc(NC(=O)C(=O)Nc2ccccc2Cl)cc1. The predicted octanol–water partition coefficient (Wildman–Crippen LogP) is 2.79. The highest BCUT2D eigenvalue weighted by atomic mass is 35.5. The van der Waals surface area contributed by atoms with Gasteiger partial charge in [-0.15, -0.1) is 0 Å². The number of nitriles is 1. The lowest BCUT2D eigenvalue weighted by Gasteiger charge is -2.07. The van der Waals surface area contributed by atoms with Crippen molar-refractivity contribution in [2.24, 2.45) is 0 Å². The minimum Gasteiger partial charge on any atom is -0.318 e. The zero-order chi connectivity index (χ0) is 15.2. The Hall–Kier alpha value is -2.84. The number of benzene rings is 2. The van der Waals surface area contributed by atoms with E-state index in [9.17, 15) is 9.59 Å².